The van der Waals surface area contributed by atoms with E-state index in [4.69, 9.17) is 0 Å². The minimum absolute atomic E-state index is 0.0542. The van der Waals surface area contributed by atoms with E-state index in [1.54, 1.807) is 12.3 Å². The standard InChI is InChI=1S/C16H21N3O/c1-4-17-15(14-8-6-5-7-13(14)3)11-19-16(20)9-12(2)10-18-19/h5-10,15,17H,4,11H2,1-3H3. The molecule has 2 rings (SSSR count). The highest BCUT2D eigenvalue weighted by Crippen LogP contribution is 2.18. The summed E-state index contributed by atoms with van der Waals surface area (Å²) in [5.74, 6) is 0. The predicted octanol–water partition coefficient (Wildman–Crippen LogP) is 2.21. The van der Waals surface area contributed by atoms with Gasteiger partial charge in [-0.05, 0) is 37.1 Å². The Labute approximate surface area is 119 Å². The van der Waals surface area contributed by atoms with Crippen molar-refractivity contribution < 1.29 is 0 Å². The summed E-state index contributed by atoms with van der Waals surface area (Å²) >= 11 is 0. The second-order valence-electron chi connectivity index (χ2n) is 5.02. The van der Waals surface area contributed by atoms with E-state index < -0.39 is 0 Å². The topological polar surface area (TPSA) is 46.9 Å². The maximum Gasteiger partial charge on any atom is 0.267 e. The van der Waals surface area contributed by atoms with Crippen molar-refractivity contribution in [1.82, 2.24) is 15.1 Å². The highest BCUT2D eigenvalue weighted by molar-refractivity contribution is 5.28. The lowest BCUT2D eigenvalue weighted by atomic mass is 10.0. The molecule has 1 unspecified atom stereocenters. The molecule has 1 heterocycles. The molecule has 0 spiro atoms. The summed E-state index contributed by atoms with van der Waals surface area (Å²) in [6.07, 6.45) is 1.72. The zero-order valence-corrected chi connectivity index (χ0v) is 12.3. The number of likely N-dealkylation sites (N-methyl/N-ethyl adjacent to an activating group) is 1. The third-order valence-electron chi connectivity index (χ3n) is 3.38. The van der Waals surface area contributed by atoms with Crippen molar-refractivity contribution in [3.05, 3.63) is 63.6 Å². The molecule has 0 aliphatic heterocycles. The van der Waals surface area contributed by atoms with Crippen LogP contribution in [0.15, 0.2) is 41.3 Å². The monoisotopic (exact) mass is 271 g/mol. The summed E-state index contributed by atoms with van der Waals surface area (Å²) in [6.45, 7) is 7.42. The van der Waals surface area contributed by atoms with E-state index in [0.717, 1.165) is 12.1 Å². The Balaban J connectivity index is 2.30. The summed E-state index contributed by atoms with van der Waals surface area (Å²) < 4.78 is 1.52. The molecule has 4 nitrogen and oxygen atoms in total. The van der Waals surface area contributed by atoms with E-state index >= 15 is 0 Å². The zero-order chi connectivity index (χ0) is 14.5. The molecule has 0 radical (unpaired) electrons. The van der Waals surface area contributed by atoms with Gasteiger partial charge in [0.15, 0.2) is 0 Å². The Morgan fingerprint density at radius 2 is 2.05 bits per heavy atom. The maximum absolute atomic E-state index is 12.0. The van der Waals surface area contributed by atoms with Crippen molar-refractivity contribution in [2.75, 3.05) is 6.54 Å². The molecule has 1 aromatic heterocycles. The summed E-state index contributed by atoms with van der Waals surface area (Å²) in [4.78, 5) is 12.0. The Hall–Kier alpha value is -1.94. The molecule has 0 aliphatic carbocycles. The van der Waals surface area contributed by atoms with Crippen molar-refractivity contribution >= 4 is 0 Å². The van der Waals surface area contributed by atoms with E-state index in [1.807, 2.05) is 19.1 Å². The summed E-state index contributed by atoms with van der Waals surface area (Å²) in [5, 5.41) is 7.65. The summed E-state index contributed by atoms with van der Waals surface area (Å²) in [7, 11) is 0. The first-order valence-electron chi connectivity index (χ1n) is 6.94. The van der Waals surface area contributed by atoms with Crippen LogP contribution in [0.25, 0.3) is 0 Å². The quantitative estimate of drug-likeness (QED) is 0.907. The number of hydrogen-bond donors (Lipinski definition) is 1. The van der Waals surface area contributed by atoms with Crippen LogP contribution in [0.1, 0.15) is 29.7 Å². The molecule has 2 aromatic rings. The fourth-order valence-corrected chi connectivity index (χ4v) is 2.33. The number of aryl methyl sites for hydroxylation is 2. The molecule has 0 amide bonds. The van der Waals surface area contributed by atoms with Gasteiger partial charge in [0.2, 0.25) is 0 Å². The highest BCUT2D eigenvalue weighted by atomic mass is 16.1. The first-order chi connectivity index (χ1) is 9.61. The van der Waals surface area contributed by atoms with Crippen LogP contribution in [0.2, 0.25) is 0 Å². The molecule has 0 saturated carbocycles. The molecular formula is C16H21N3O. The largest absolute Gasteiger partial charge is 0.309 e. The Morgan fingerprint density at radius 3 is 2.70 bits per heavy atom. The number of rotatable bonds is 5. The lowest BCUT2D eigenvalue weighted by Gasteiger charge is -2.20. The predicted molar refractivity (Wildman–Crippen MR) is 80.8 cm³/mol. The second kappa shape index (κ2) is 6.48. The molecule has 4 heteroatoms. The normalized spacial score (nSPS) is 12.3. The van der Waals surface area contributed by atoms with Crippen LogP contribution in [0.5, 0.6) is 0 Å². The van der Waals surface area contributed by atoms with Gasteiger partial charge in [0.25, 0.3) is 5.56 Å². The molecule has 106 valence electrons. The molecule has 20 heavy (non-hydrogen) atoms. The highest BCUT2D eigenvalue weighted by Gasteiger charge is 2.14. The van der Waals surface area contributed by atoms with Gasteiger partial charge in [0.05, 0.1) is 18.8 Å². The van der Waals surface area contributed by atoms with Crippen LogP contribution < -0.4 is 10.9 Å². The Bertz CT molecular complexity index is 634. The molecule has 1 atom stereocenters. The van der Waals surface area contributed by atoms with Crippen molar-refractivity contribution in [3.8, 4) is 0 Å². The first-order valence-corrected chi connectivity index (χ1v) is 6.94. The third kappa shape index (κ3) is 3.33. The Morgan fingerprint density at radius 1 is 1.30 bits per heavy atom. The number of nitrogens with one attached hydrogen (secondary N) is 1. The molecule has 0 fully saturated rings. The maximum atomic E-state index is 12.0. The SMILES string of the molecule is CCNC(Cn1ncc(C)cc1=O)c1ccccc1C. The van der Waals surface area contributed by atoms with Crippen LogP contribution in [-0.2, 0) is 6.54 Å². The van der Waals surface area contributed by atoms with Gasteiger partial charge in [-0.15, -0.1) is 0 Å². The van der Waals surface area contributed by atoms with Gasteiger partial charge in [-0.1, -0.05) is 31.2 Å². The van der Waals surface area contributed by atoms with Crippen molar-refractivity contribution in [1.29, 1.82) is 0 Å². The van der Waals surface area contributed by atoms with Crippen molar-refractivity contribution in [2.24, 2.45) is 0 Å². The minimum atomic E-state index is -0.0542. The molecule has 0 bridgehead atoms. The van der Waals surface area contributed by atoms with Gasteiger partial charge in [0.1, 0.15) is 0 Å². The fraction of sp³-hybridized carbons (Fsp3) is 0.375. The third-order valence-corrected chi connectivity index (χ3v) is 3.38. The molecule has 0 saturated heterocycles. The molecular weight excluding hydrogens is 250 g/mol. The van der Waals surface area contributed by atoms with Gasteiger partial charge in [-0.25, -0.2) is 4.68 Å². The number of aromatic nitrogens is 2. The van der Waals surface area contributed by atoms with E-state index in [1.165, 1.54) is 15.8 Å². The summed E-state index contributed by atoms with van der Waals surface area (Å²) in [6, 6.07) is 9.95. The first kappa shape index (κ1) is 14.5. The molecule has 1 aromatic carbocycles. The number of benzene rings is 1. The van der Waals surface area contributed by atoms with Crippen molar-refractivity contribution in [3.63, 3.8) is 0 Å². The lowest BCUT2D eigenvalue weighted by Crippen LogP contribution is -2.32. The van der Waals surface area contributed by atoms with E-state index in [9.17, 15) is 4.79 Å². The average molecular weight is 271 g/mol. The smallest absolute Gasteiger partial charge is 0.267 e. The van der Waals surface area contributed by atoms with Crippen LogP contribution in [0.3, 0.4) is 0 Å². The van der Waals surface area contributed by atoms with Crippen LogP contribution in [0.4, 0.5) is 0 Å². The van der Waals surface area contributed by atoms with Gasteiger partial charge in [0, 0.05) is 6.07 Å². The Kier molecular flexibility index (Phi) is 4.69. The van der Waals surface area contributed by atoms with E-state index in [-0.39, 0.29) is 11.6 Å². The van der Waals surface area contributed by atoms with Gasteiger partial charge in [-0.2, -0.15) is 5.10 Å². The minimum Gasteiger partial charge on any atom is -0.309 e. The lowest BCUT2D eigenvalue weighted by molar-refractivity contribution is 0.432. The van der Waals surface area contributed by atoms with Crippen LogP contribution >= 0.6 is 0 Å². The van der Waals surface area contributed by atoms with Gasteiger partial charge < -0.3 is 5.32 Å². The molecule has 1 N–H and O–H groups in total. The van der Waals surface area contributed by atoms with Crippen molar-refractivity contribution in [2.45, 2.75) is 33.4 Å². The van der Waals surface area contributed by atoms with Crippen LogP contribution in [0, 0.1) is 13.8 Å². The average Bonchev–Trinajstić information content (AvgIpc) is 2.42. The van der Waals surface area contributed by atoms with Gasteiger partial charge >= 0.3 is 0 Å². The van der Waals surface area contributed by atoms with E-state index in [0.29, 0.717) is 6.54 Å². The number of hydrogen-bond acceptors (Lipinski definition) is 3. The van der Waals surface area contributed by atoms with Gasteiger partial charge in [-0.3, -0.25) is 4.79 Å². The van der Waals surface area contributed by atoms with Crippen LogP contribution in [-0.4, -0.2) is 16.3 Å². The number of nitrogens with zero attached hydrogens (tertiary/aromatic N) is 2. The zero-order valence-electron chi connectivity index (χ0n) is 12.3. The van der Waals surface area contributed by atoms with E-state index in [2.05, 4.69) is 36.4 Å². The molecule has 0 aliphatic rings. The fourth-order valence-electron chi connectivity index (χ4n) is 2.33. The second-order valence-corrected chi connectivity index (χ2v) is 5.02. The summed E-state index contributed by atoms with van der Waals surface area (Å²) in [5.41, 5.74) is 3.27.